The number of anilines is 1. The van der Waals surface area contributed by atoms with E-state index in [1.165, 1.54) is 18.3 Å². The number of amides is 2. The number of para-hydroxylation sites is 1. The number of nitrogens with zero attached hydrogens (tertiary/aromatic N) is 1. The first-order chi connectivity index (χ1) is 12.0. The van der Waals surface area contributed by atoms with Crippen LogP contribution in [0.4, 0.5) is 5.69 Å². The number of carbonyl (C=O) groups is 3. The molecule has 2 amide bonds. The van der Waals surface area contributed by atoms with Gasteiger partial charge in [0.2, 0.25) is 0 Å². The Hall–Kier alpha value is -2.67. The molecule has 1 aromatic carbocycles. The largest absolute Gasteiger partial charge is 0.451 e. The van der Waals surface area contributed by atoms with Gasteiger partial charge < -0.3 is 15.0 Å². The number of rotatable bonds is 7. The summed E-state index contributed by atoms with van der Waals surface area (Å²) in [5.74, 6) is -1.31. The molecule has 0 unspecified atom stereocenters. The lowest BCUT2D eigenvalue weighted by Gasteiger charge is -2.24. The SMILES string of the molecule is CCN(C(=O)[C@H](C)OC(=O)CNC(=O)c1cccs1)c1ccccc1. The van der Waals surface area contributed by atoms with Crippen molar-refractivity contribution in [2.45, 2.75) is 20.0 Å². The number of nitrogens with one attached hydrogen (secondary N) is 1. The molecule has 0 spiro atoms. The van der Waals surface area contributed by atoms with Crippen LogP contribution in [0.2, 0.25) is 0 Å². The Morgan fingerprint density at radius 2 is 1.88 bits per heavy atom. The fourth-order valence-electron chi connectivity index (χ4n) is 2.23. The van der Waals surface area contributed by atoms with Crippen molar-refractivity contribution in [3.8, 4) is 0 Å². The molecule has 0 radical (unpaired) electrons. The number of carbonyl (C=O) groups excluding carboxylic acids is 3. The van der Waals surface area contributed by atoms with Gasteiger partial charge in [0.1, 0.15) is 6.54 Å². The average Bonchev–Trinajstić information content (AvgIpc) is 3.16. The van der Waals surface area contributed by atoms with Gasteiger partial charge in [-0.2, -0.15) is 0 Å². The van der Waals surface area contributed by atoms with Crippen LogP contribution in [-0.4, -0.2) is 37.0 Å². The third-order valence-corrected chi connectivity index (χ3v) is 4.31. The fraction of sp³-hybridized carbons (Fsp3) is 0.278. The van der Waals surface area contributed by atoms with Crippen LogP contribution in [0, 0.1) is 0 Å². The van der Waals surface area contributed by atoms with Crippen molar-refractivity contribution < 1.29 is 19.1 Å². The van der Waals surface area contributed by atoms with E-state index in [0.717, 1.165) is 5.69 Å². The molecule has 0 bridgehead atoms. The Morgan fingerprint density at radius 3 is 2.48 bits per heavy atom. The van der Waals surface area contributed by atoms with E-state index in [4.69, 9.17) is 4.74 Å². The first kappa shape index (κ1) is 18.7. The molecular formula is C18H20N2O4S. The third kappa shape index (κ3) is 5.15. The number of ether oxygens (including phenoxy) is 1. The second kappa shape index (κ2) is 8.98. The summed E-state index contributed by atoms with van der Waals surface area (Å²) in [6.45, 7) is 3.54. The summed E-state index contributed by atoms with van der Waals surface area (Å²) in [5, 5.41) is 4.25. The molecule has 25 heavy (non-hydrogen) atoms. The van der Waals surface area contributed by atoms with Crippen LogP contribution in [0.1, 0.15) is 23.5 Å². The molecule has 1 heterocycles. The molecule has 2 aromatic rings. The molecule has 1 N–H and O–H groups in total. The van der Waals surface area contributed by atoms with Gasteiger partial charge >= 0.3 is 5.97 Å². The molecule has 0 aliphatic rings. The van der Waals surface area contributed by atoms with Gasteiger partial charge in [-0.1, -0.05) is 24.3 Å². The third-order valence-electron chi connectivity index (χ3n) is 3.44. The van der Waals surface area contributed by atoms with Crippen LogP contribution in [0.25, 0.3) is 0 Å². The van der Waals surface area contributed by atoms with Crippen LogP contribution in [0.15, 0.2) is 47.8 Å². The summed E-state index contributed by atoms with van der Waals surface area (Å²) in [7, 11) is 0. The van der Waals surface area contributed by atoms with Crippen LogP contribution in [0.3, 0.4) is 0 Å². The van der Waals surface area contributed by atoms with Gasteiger partial charge in [0.15, 0.2) is 6.10 Å². The van der Waals surface area contributed by atoms with E-state index >= 15 is 0 Å². The Morgan fingerprint density at radius 1 is 1.16 bits per heavy atom. The molecule has 1 aromatic heterocycles. The molecule has 1 atom stereocenters. The zero-order valence-electron chi connectivity index (χ0n) is 14.1. The lowest BCUT2D eigenvalue weighted by Crippen LogP contribution is -2.41. The van der Waals surface area contributed by atoms with E-state index in [2.05, 4.69) is 5.32 Å². The maximum Gasteiger partial charge on any atom is 0.326 e. The molecule has 0 saturated carbocycles. The normalized spacial score (nSPS) is 11.4. The Kier molecular flexibility index (Phi) is 6.71. The minimum Gasteiger partial charge on any atom is -0.451 e. The molecule has 0 saturated heterocycles. The molecule has 0 aliphatic carbocycles. The summed E-state index contributed by atoms with van der Waals surface area (Å²) in [6.07, 6.45) is -0.939. The first-order valence-electron chi connectivity index (χ1n) is 7.90. The van der Waals surface area contributed by atoms with Crippen LogP contribution in [-0.2, 0) is 14.3 Å². The van der Waals surface area contributed by atoms with Crippen molar-refractivity contribution in [2.75, 3.05) is 18.0 Å². The van der Waals surface area contributed by atoms with E-state index in [9.17, 15) is 14.4 Å². The highest BCUT2D eigenvalue weighted by atomic mass is 32.1. The maximum atomic E-state index is 12.5. The van der Waals surface area contributed by atoms with Gasteiger partial charge in [0.05, 0.1) is 4.88 Å². The Balaban J connectivity index is 1.87. The lowest BCUT2D eigenvalue weighted by molar-refractivity contribution is -0.152. The molecule has 0 fully saturated rings. The van der Waals surface area contributed by atoms with Gasteiger partial charge in [0, 0.05) is 12.2 Å². The molecular weight excluding hydrogens is 340 g/mol. The highest BCUT2D eigenvalue weighted by Gasteiger charge is 2.24. The minimum atomic E-state index is -0.939. The van der Waals surface area contributed by atoms with E-state index < -0.39 is 12.1 Å². The van der Waals surface area contributed by atoms with Crippen LogP contribution < -0.4 is 10.2 Å². The first-order valence-corrected chi connectivity index (χ1v) is 8.78. The predicted octanol–water partition coefficient (Wildman–Crippen LogP) is 2.46. The fourth-order valence-corrected chi connectivity index (χ4v) is 2.87. The van der Waals surface area contributed by atoms with Gasteiger partial charge in [-0.15, -0.1) is 11.3 Å². The van der Waals surface area contributed by atoms with Gasteiger partial charge in [-0.3, -0.25) is 14.4 Å². The van der Waals surface area contributed by atoms with Crippen molar-refractivity contribution in [2.24, 2.45) is 0 Å². The van der Waals surface area contributed by atoms with E-state index in [0.29, 0.717) is 11.4 Å². The van der Waals surface area contributed by atoms with E-state index in [1.807, 2.05) is 37.3 Å². The Bertz CT molecular complexity index is 716. The second-order valence-electron chi connectivity index (χ2n) is 5.21. The van der Waals surface area contributed by atoms with E-state index in [-0.39, 0.29) is 18.4 Å². The van der Waals surface area contributed by atoms with Crippen molar-refractivity contribution in [1.29, 1.82) is 0 Å². The maximum absolute atomic E-state index is 12.5. The van der Waals surface area contributed by atoms with E-state index in [1.54, 1.807) is 22.4 Å². The van der Waals surface area contributed by atoms with Gasteiger partial charge in [-0.25, -0.2) is 0 Å². The highest BCUT2D eigenvalue weighted by molar-refractivity contribution is 7.12. The number of benzene rings is 1. The van der Waals surface area contributed by atoms with Crippen LogP contribution >= 0.6 is 11.3 Å². The van der Waals surface area contributed by atoms with Gasteiger partial charge in [-0.05, 0) is 37.4 Å². The second-order valence-corrected chi connectivity index (χ2v) is 6.16. The smallest absolute Gasteiger partial charge is 0.326 e. The predicted molar refractivity (Wildman–Crippen MR) is 96.7 cm³/mol. The number of likely N-dealkylation sites (N-methyl/N-ethyl adjacent to an activating group) is 1. The molecule has 2 rings (SSSR count). The minimum absolute atomic E-state index is 0.286. The lowest BCUT2D eigenvalue weighted by atomic mass is 10.2. The quantitative estimate of drug-likeness (QED) is 0.770. The number of esters is 1. The summed E-state index contributed by atoms with van der Waals surface area (Å²) < 4.78 is 5.14. The summed E-state index contributed by atoms with van der Waals surface area (Å²) in [4.78, 5) is 38.2. The average molecular weight is 360 g/mol. The highest BCUT2D eigenvalue weighted by Crippen LogP contribution is 2.15. The number of hydrogen-bond donors (Lipinski definition) is 1. The summed E-state index contributed by atoms with van der Waals surface area (Å²) >= 11 is 1.28. The summed E-state index contributed by atoms with van der Waals surface area (Å²) in [5.41, 5.74) is 0.740. The van der Waals surface area contributed by atoms with Crippen molar-refractivity contribution in [1.82, 2.24) is 5.32 Å². The van der Waals surface area contributed by atoms with Crippen molar-refractivity contribution in [3.05, 3.63) is 52.7 Å². The molecule has 0 aliphatic heterocycles. The summed E-state index contributed by atoms with van der Waals surface area (Å²) in [6, 6.07) is 12.6. The Labute approximate surface area is 150 Å². The molecule has 132 valence electrons. The number of hydrogen-bond acceptors (Lipinski definition) is 5. The van der Waals surface area contributed by atoms with Crippen molar-refractivity contribution >= 4 is 34.8 Å². The molecule has 6 nitrogen and oxygen atoms in total. The zero-order chi connectivity index (χ0) is 18.2. The zero-order valence-corrected chi connectivity index (χ0v) is 14.9. The monoisotopic (exact) mass is 360 g/mol. The van der Waals surface area contributed by atoms with Crippen LogP contribution in [0.5, 0.6) is 0 Å². The van der Waals surface area contributed by atoms with Crippen molar-refractivity contribution in [3.63, 3.8) is 0 Å². The standard InChI is InChI=1S/C18H20N2O4S/c1-3-20(14-8-5-4-6-9-14)18(23)13(2)24-16(21)12-19-17(22)15-10-7-11-25-15/h4-11,13H,3,12H2,1-2H3,(H,19,22)/t13-/m0/s1. The molecule has 7 heteroatoms. The topological polar surface area (TPSA) is 75.7 Å². The number of thiophene rings is 1. The van der Waals surface area contributed by atoms with Gasteiger partial charge in [0.25, 0.3) is 11.8 Å².